The van der Waals surface area contributed by atoms with E-state index in [0.717, 1.165) is 39.1 Å². The van der Waals surface area contributed by atoms with Crippen molar-refractivity contribution < 1.29 is 9.59 Å². The molecule has 120 valence electrons. The first-order valence-electron chi connectivity index (χ1n) is 8.04. The fourth-order valence-electron chi connectivity index (χ4n) is 3.06. The number of nitrogens with zero attached hydrogens (tertiary/aromatic N) is 2. The van der Waals surface area contributed by atoms with Crippen molar-refractivity contribution in [3.8, 4) is 0 Å². The third-order valence-corrected chi connectivity index (χ3v) is 5.64. The molecule has 1 unspecified atom stereocenters. The first kappa shape index (κ1) is 15.5. The summed E-state index contributed by atoms with van der Waals surface area (Å²) < 4.78 is 0. The van der Waals surface area contributed by atoms with Crippen molar-refractivity contribution in [1.29, 1.82) is 0 Å². The van der Waals surface area contributed by atoms with Gasteiger partial charge in [-0.1, -0.05) is 6.92 Å². The summed E-state index contributed by atoms with van der Waals surface area (Å²) in [6.07, 6.45) is 2.22. The normalized spacial score (nSPS) is 22.9. The van der Waals surface area contributed by atoms with Crippen molar-refractivity contribution in [3.63, 3.8) is 0 Å². The van der Waals surface area contributed by atoms with Crippen LogP contribution in [0.4, 0.5) is 0 Å². The van der Waals surface area contributed by atoms with Crippen LogP contribution in [0.15, 0.2) is 12.1 Å². The van der Waals surface area contributed by atoms with Gasteiger partial charge in [-0.2, -0.15) is 0 Å². The molecule has 0 aromatic carbocycles. The van der Waals surface area contributed by atoms with E-state index in [4.69, 9.17) is 0 Å². The highest BCUT2D eigenvalue weighted by Gasteiger charge is 2.32. The van der Waals surface area contributed by atoms with Crippen molar-refractivity contribution in [2.24, 2.45) is 0 Å². The number of thiophene rings is 1. The minimum absolute atomic E-state index is 0.00131. The van der Waals surface area contributed by atoms with Crippen LogP contribution in [-0.4, -0.2) is 53.8 Å². The fourth-order valence-corrected chi connectivity index (χ4v) is 4.06. The molecule has 22 heavy (non-hydrogen) atoms. The van der Waals surface area contributed by atoms with Gasteiger partial charge in [-0.15, -0.1) is 11.3 Å². The van der Waals surface area contributed by atoms with Crippen LogP contribution in [-0.2, 0) is 22.6 Å². The van der Waals surface area contributed by atoms with E-state index in [9.17, 15) is 9.59 Å². The molecular weight excluding hydrogens is 298 g/mol. The average Bonchev–Trinajstić information content (AvgIpc) is 3.16. The van der Waals surface area contributed by atoms with Crippen LogP contribution in [0.1, 0.15) is 29.5 Å². The molecule has 1 N–H and O–H groups in total. The van der Waals surface area contributed by atoms with Gasteiger partial charge in [0.15, 0.2) is 0 Å². The van der Waals surface area contributed by atoms with Crippen LogP contribution in [0.5, 0.6) is 0 Å². The first-order chi connectivity index (χ1) is 10.7. The monoisotopic (exact) mass is 321 g/mol. The molecular formula is C16H23N3O2S. The number of hydrogen-bond donors (Lipinski definition) is 1. The Balaban J connectivity index is 1.47. The van der Waals surface area contributed by atoms with E-state index in [2.05, 4.69) is 29.3 Å². The Hall–Kier alpha value is -1.40. The van der Waals surface area contributed by atoms with Crippen molar-refractivity contribution in [3.05, 3.63) is 21.9 Å². The van der Waals surface area contributed by atoms with Gasteiger partial charge < -0.3 is 10.2 Å². The quantitative estimate of drug-likeness (QED) is 0.908. The van der Waals surface area contributed by atoms with E-state index in [1.807, 2.05) is 16.2 Å². The van der Waals surface area contributed by atoms with Gasteiger partial charge in [0.2, 0.25) is 11.8 Å². The van der Waals surface area contributed by atoms with Gasteiger partial charge in [-0.3, -0.25) is 14.5 Å². The van der Waals surface area contributed by atoms with Gasteiger partial charge in [0, 0.05) is 48.9 Å². The summed E-state index contributed by atoms with van der Waals surface area (Å²) in [6, 6.07) is 4.14. The molecule has 6 heteroatoms. The highest BCUT2D eigenvalue weighted by molar-refractivity contribution is 7.11. The lowest BCUT2D eigenvalue weighted by Gasteiger charge is -2.35. The lowest BCUT2D eigenvalue weighted by molar-refractivity contribution is -0.136. The summed E-state index contributed by atoms with van der Waals surface area (Å²) >= 11 is 1.88. The van der Waals surface area contributed by atoms with E-state index in [1.54, 1.807) is 0 Å². The van der Waals surface area contributed by atoms with Gasteiger partial charge in [-0.25, -0.2) is 0 Å². The minimum Gasteiger partial charge on any atom is -0.344 e. The predicted molar refractivity (Wildman–Crippen MR) is 86.7 cm³/mol. The molecule has 1 aromatic rings. The summed E-state index contributed by atoms with van der Waals surface area (Å²) in [4.78, 5) is 30.7. The molecule has 2 amide bonds. The second-order valence-electron chi connectivity index (χ2n) is 5.98. The fraction of sp³-hybridized carbons (Fsp3) is 0.625. The highest BCUT2D eigenvalue weighted by atomic mass is 32.1. The summed E-state index contributed by atoms with van der Waals surface area (Å²) in [5.74, 6) is 0.0938. The van der Waals surface area contributed by atoms with Crippen LogP contribution in [0, 0.1) is 0 Å². The maximum absolute atomic E-state index is 12.3. The molecule has 0 aliphatic carbocycles. The standard InChI is InChI=1S/C16H23N3O2S/c1-2-12-3-4-13(22-12)11-18-7-9-19(10-8-18)16(21)14-5-6-15(20)17-14/h3-4,14H,2,5-11H2,1H3,(H,17,20). The second kappa shape index (κ2) is 6.79. The van der Waals surface area contributed by atoms with E-state index in [-0.39, 0.29) is 17.9 Å². The number of piperazine rings is 1. The van der Waals surface area contributed by atoms with E-state index < -0.39 is 0 Å². The van der Waals surface area contributed by atoms with Gasteiger partial charge in [0.25, 0.3) is 0 Å². The molecule has 2 aliphatic heterocycles. The second-order valence-corrected chi connectivity index (χ2v) is 7.23. The van der Waals surface area contributed by atoms with Gasteiger partial charge in [0.1, 0.15) is 6.04 Å². The lowest BCUT2D eigenvalue weighted by atomic mass is 10.2. The average molecular weight is 321 g/mol. The Morgan fingerprint density at radius 2 is 2.00 bits per heavy atom. The molecule has 3 heterocycles. The Kier molecular flexibility index (Phi) is 4.78. The van der Waals surface area contributed by atoms with Crippen LogP contribution in [0.2, 0.25) is 0 Å². The number of carbonyl (C=O) groups is 2. The summed E-state index contributed by atoms with van der Waals surface area (Å²) in [6.45, 7) is 6.50. The number of aryl methyl sites for hydroxylation is 1. The van der Waals surface area contributed by atoms with Gasteiger partial charge in [-0.05, 0) is 25.0 Å². The van der Waals surface area contributed by atoms with Gasteiger partial charge in [0.05, 0.1) is 0 Å². The largest absolute Gasteiger partial charge is 0.344 e. The minimum atomic E-state index is -0.288. The molecule has 2 fully saturated rings. The Bertz CT molecular complexity index is 549. The summed E-state index contributed by atoms with van der Waals surface area (Å²) in [7, 11) is 0. The number of amides is 2. The smallest absolute Gasteiger partial charge is 0.245 e. The van der Waals surface area contributed by atoms with E-state index in [1.165, 1.54) is 9.75 Å². The maximum Gasteiger partial charge on any atom is 0.245 e. The van der Waals surface area contributed by atoms with Crippen molar-refractivity contribution in [2.45, 2.75) is 38.8 Å². The zero-order valence-electron chi connectivity index (χ0n) is 13.0. The number of hydrogen-bond acceptors (Lipinski definition) is 4. The molecule has 5 nitrogen and oxygen atoms in total. The molecule has 1 atom stereocenters. The van der Waals surface area contributed by atoms with Crippen LogP contribution in [0.3, 0.4) is 0 Å². The zero-order valence-corrected chi connectivity index (χ0v) is 13.8. The molecule has 0 radical (unpaired) electrons. The van der Waals surface area contributed by atoms with Crippen molar-refractivity contribution in [1.82, 2.24) is 15.1 Å². The first-order valence-corrected chi connectivity index (χ1v) is 8.85. The molecule has 1 aromatic heterocycles. The zero-order chi connectivity index (χ0) is 15.5. The molecule has 3 rings (SSSR count). The Labute approximate surface area is 135 Å². The van der Waals surface area contributed by atoms with E-state index >= 15 is 0 Å². The Morgan fingerprint density at radius 1 is 1.27 bits per heavy atom. The number of nitrogens with one attached hydrogen (secondary N) is 1. The van der Waals surface area contributed by atoms with Crippen molar-refractivity contribution >= 4 is 23.2 Å². The van der Waals surface area contributed by atoms with Gasteiger partial charge >= 0.3 is 0 Å². The number of rotatable bonds is 4. The third kappa shape index (κ3) is 3.50. The predicted octanol–water partition coefficient (Wildman–Crippen LogP) is 1.23. The summed E-state index contributed by atoms with van der Waals surface area (Å²) in [5, 5.41) is 2.77. The molecule has 0 spiro atoms. The highest BCUT2D eigenvalue weighted by Crippen LogP contribution is 2.20. The molecule has 0 saturated carbocycles. The molecule has 0 bridgehead atoms. The van der Waals surface area contributed by atoms with Crippen LogP contribution < -0.4 is 5.32 Å². The third-order valence-electron chi connectivity index (χ3n) is 4.42. The molecule has 2 saturated heterocycles. The summed E-state index contributed by atoms with van der Waals surface area (Å²) in [5.41, 5.74) is 0. The van der Waals surface area contributed by atoms with E-state index in [0.29, 0.717) is 12.8 Å². The maximum atomic E-state index is 12.3. The van der Waals surface area contributed by atoms with Crippen molar-refractivity contribution in [2.75, 3.05) is 26.2 Å². The number of carbonyl (C=O) groups excluding carboxylic acids is 2. The van der Waals surface area contributed by atoms with Crippen LogP contribution >= 0.6 is 11.3 Å². The SMILES string of the molecule is CCc1ccc(CN2CCN(C(=O)C3CCC(=O)N3)CC2)s1. The Morgan fingerprint density at radius 3 is 2.59 bits per heavy atom. The van der Waals surface area contributed by atoms with Crippen LogP contribution in [0.25, 0.3) is 0 Å². The molecule has 2 aliphatic rings. The topological polar surface area (TPSA) is 52.7 Å². The lowest BCUT2D eigenvalue weighted by Crippen LogP contribution is -2.53.